The fourth-order valence-corrected chi connectivity index (χ4v) is 2.94. The van der Waals surface area contributed by atoms with Crippen LogP contribution in [0.25, 0.3) is 0 Å². The molecule has 2 rings (SSSR count). The number of nitrogens with two attached hydrogens (primary N) is 1. The van der Waals surface area contributed by atoms with Crippen molar-refractivity contribution < 1.29 is 14.4 Å². The maximum absolute atomic E-state index is 12.7. The zero-order valence-corrected chi connectivity index (χ0v) is 16.8. The van der Waals surface area contributed by atoms with Crippen molar-refractivity contribution in [3.8, 4) is 0 Å². The van der Waals surface area contributed by atoms with Crippen LogP contribution in [0.3, 0.4) is 0 Å². The molecule has 1 aromatic rings. The molecule has 26 heavy (non-hydrogen) atoms. The fourth-order valence-electron chi connectivity index (χ4n) is 2.94. The predicted octanol–water partition coefficient (Wildman–Crippen LogP) is 2.23. The first kappa shape index (κ1) is 22.1. The molecule has 0 saturated carbocycles. The second kappa shape index (κ2) is 8.64. The lowest BCUT2D eigenvalue weighted by Crippen LogP contribution is -2.49. The van der Waals surface area contributed by atoms with Crippen molar-refractivity contribution >= 4 is 30.1 Å². The number of benzene rings is 1. The van der Waals surface area contributed by atoms with Crippen molar-refractivity contribution in [1.82, 2.24) is 9.80 Å². The van der Waals surface area contributed by atoms with Gasteiger partial charge in [-0.15, -0.1) is 12.4 Å². The number of rotatable bonds is 6. The second-order valence-electron chi connectivity index (χ2n) is 7.16. The van der Waals surface area contributed by atoms with Gasteiger partial charge in [-0.1, -0.05) is 25.5 Å². The smallest absolute Gasteiger partial charge is 0.262 e. The first-order chi connectivity index (χ1) is 11.6. The van der Waals surface area contributed by atoms with Crippen LogP contribution in [0.4, 0.5) is 0 Å². The summed E-state index contributed by atoms with van der Waals surface area (Å²) >= 11 is 0. The quantitative estimate of drug-likeness (QED) is 0.766. The van der Waals surface area contributed by atoms with Crippen LogP contribution in [0, 0.1) is 12.8 Å². The van der Waals surface area contributed by atoms with E-state index in [2.05, 4.69) is 0 Å². The van der Waals surface area contributed by atoms with E-state index in [1.807, 2.05) is 20.8 Å². The minimum Gasteiger partial charge on any atom is -0.344 e. The van der Waals surface area contributed by atoms with Crippen molar-refractivity contribution in [2.75, 3.05) is 13.6 Å². The van der Waals surface area contributed by atoms with Gasteiger partial charge in [0.2, 0.25) is 5.91 Å². The van der Waals surface area contributed by atoms with Crippen molar-refractivity contribution in [3.05, 3.63) is 34.9 Å². The van der Waals surface area contributed by atoms with Crippen LogP contribution in [0.5, 0.6) is 0 Å². The molecule has 0 radical (unpaired) electrons. The molecule has 0 aromatic heterocycles. The van der Waals surface area contributed by atoms with Gasteiger partial charge in [0.1, 0.15) is 6.04 Å². The van der Waals surface area contributed by atoms with Crippen LogP contribution in [-0.2, 0) is 4.79 Å². The summed E-state index contributed by atoms with van der Waals surface area (Å²) in [7, 11) is 1.67. The number of carbonyl (C=O) groups excluding carboxylic acids is 3. The summed E-state index contributed by atoms with van der Waals surface area (Å²) in [6.07, 6.45) is 0.675. The topological polar surface area (TPSA) is 83.7 Å². The molecule has 0 spiro atoms. The number of hydrogen-bond acceptors (Lipinski definition) is 4. The van der Waals surface area contributed by atoms with Crippen LogP contribution in [0.2, 0.25) is 0 Å². The summed E-state index contributed by atoms with van der Waals surface area (Å²) in [6, 6.07) is 4.30. The van der Waals surface area contributed by atoms with Gasteiger partial charge in [-0.2, -0.15) is 0 Å². The Labute approximate surface area is 161 Å². The molecule has 2 N–H and O–H groups in total. The number of fused-ring (bicyclic) bond motifs is 1. The fraction of sp³-hybridized carbons (Fsp3) is 0.526. The first-order valence-electron chi connectivity index (χ1n) is 8.64. The van der Waals surface area contributed by atoms with Crippen LogP contribution in [0.15, 0.2) is 18.2 Å². The lowest BCUT2D eigenvalue weighted by Gasteiger charge is -2.28. The molecular formula is C19H28ClN3O3. The van der Waals surface area contributed by atoms with E-state index in [1.165, 1.54) is 0 Å². The Hall–Kier alpha value is -1.92. The van der Waals surface area contributed by atoms with Crippen LogP contribution in [0.1, 0.15) is 53.5 Å². The minimum absolute atomic E-state index is 0. The largest absolute Gasteiger partial charge is 0.344 e. The highest BCUT2D eigenvalue weighted by atomic mass is 35.5. The molecule has 0 fully saturated rings. The Kier molecular flexibility index (Phi) is 7.35. The molecule has 3 amide bonds. The third-order valence-corrected chi connectivity index (χ3v) is 4.85. The van der Waals surface area contributed by atoms with Crippen molar-refractivity contribution in [3.63, 3.8) is 0 Å². The van der Waals surface area contributed by atoms with Gasteiger partial charge >= 0.3 is 0 Å². The van der Waals surface area contributed by atoms with Crippen molar-refractivity contribution in [2.24, 2.45) is 11.7 Å². The normalized spacial score (nSPS) is 15.6. The number of aryl methyl sites for hydroxylation is 1. The molecular weight excluding hydrogens is 354 g/mol. The molecule has 1 aliphatic rings. The number of carbonyl (C=O) groups is 3. The van der Waals surface area contributed by atoms with E-state index >= 15 is 0 Å². The number of imide groups is 1. The Morgan fingerprint density at radius 3 is 2.31 bits per heavy atom. The summed E-state index contributed by atoms with van der Waals surface area (Å²) in [6.45, 7) is 8.02. The summed E-state index contributed by atoms with van der Waals surface area (Å²) in [5.74, 6) is -0.743. The summed E-state index contributed by atoms with van der Waals surface area (Å²) in [4.78, 5) is 40.4. The van der Waals surface area contributed by atoms with Gasteiger partial charge in [-0.25, -0.2) is 0 Å². The standard InChI is InChI=1S/C19H27N3O3.ClH/c1-11(2)16(20)8-9-21(5)17(23)13(4)22-18(24)14-7-6-12(3)10-15(14)19(22)25;/h6-7,10-11,13,16H,8-9,20H2,1-5H3;1H. The Morgan fingerprint density at radius 2 is 1.73 bits per heavy atom. The number of nitrogens with zero attached hydrogens (tertiary/aromatic N) is 2. The van der Waals surface area contributed by atoms with Gasteiger partial charge in [-0.05, 0) is 38.3 Å². The monoisotopic (exact) mass is 381 g/mol. The molecule has 6 nitrogen and oxygen atoms in total. The number of hydrogen-bond donors (Lipinski definition) is 1. The van der Waals surface area contributed by atoms with Crippen LogP contribution in [-0.4, -0.2) is 53.2 Å². The molecule has 1 aromatic carbocycles. The van der Waals surface area contributed by atoms with Crippen molar-refractivity contribution in [2.45, 2.75) is 46.2 Å². The molecule has 1 heterocycles. The molecule has 2 unspecified atom stereocenters. The lowest BCUT2D eigenvalue weighted by molar-refractivity contribution is -0.133. The van der Waals surface area contributed by atoms with Gasteiger partial charge < -0.3 is 10.6 Å². The van der Waals surface area contributed by atoms with E-state index in [0.717, 1.165) is 10.5 Å². The van der Waals surface area contributed by atoms with E-state index in [-0.39, 0.29) is 24.4 Å². The summed E-state index contributed by atoms with van der Waals surface area (Å²) in [5.41, 5.74) is 7.66. The zero-order chi connectivity index (χ0) is 18.9. The molecule has 0 saturated heterocycles. The van der Waals surface area contributed by atoms with Gasteiger partial charge in [-0.3, -0.25) is 19.3 Å². The SMILES string of the molecule is Cc1ccc2c(c1)C(=O)N(C(C)C(=O)N(C)CCC(N)C(C)C)C2=O.Cl. The molecule has 0 aliphatic carbocycles. The number of likely N-dealkylation sites (N-methyl/N-ethyl adjacent to an activating group) is 1. The second-order valence-corrected chi connectivity index (χ2v) is 7.16. The Balaban J connectivity index is 0.00000338. The third-order valence-electron chi connectivity index (χ3n) is 4.85. The van der Waals surface area contributed by atoms with Gasteiger partial charge in [0, 0.05) is 19.6 Å². The van der Waals surface area contributed by atoms with Gasteiger partial charge in [0.25, 0.3) is 11.8 Å². The van der Waals surface area contributed by atoms with Crippen molar-refractivity contribution in [1.29, 1.82) is 0 Å². The minimum atomic E-state index is -0.840. The van der Waals surface area contributed by atoms with E-state index in [9.17, 15) is 14.4 Å². The maximum Gasteiger partial charge on any atom is 0.262 e. The summed E-state index contributed by atoms with van der Waals surface area (Å²) < 4.78 is 0. The Morgan fingerprint density at radius 1 is 1.15 bits per heavy atom. The maximum atomic E-state index is 12.7. The van der Waals surface area contributed by atoms with Crippen LogP contribution >= 0.6 is 12.4 Å². The summed E-state index contributed by atoms with van der Waals surface area (Å²) in [5, 5.41) is 0. The molecule has 1 aliphatic heterocycles. The average Bonchev–Trinajstić information content (AvgIpc) is 2.81. The highest BCUT2D eigenvalue weighted by Crippen LogP contribution is 2.26. The van der Waals surface area contributed by atoms with E-state index in [0.29, 0.717) is 30.0 Å². The van der Waals surface area contributed by atoms with E-state index in [1.54, 1.807) is 37.1 Å². The highest BCUT2D eigenvalue weighted by molar-refractivity contribution is 6.22. The Bertz CT molecular complexity index is 705. The van der Waals surface area contributed by atoms with E-state index < -0.39 is 17.9 Å². The van der Waals surface area contributed by atoms with Gasteiger partial charge in [0.15, 0.2) is 0 Å². The highest BCUT2D eigenvalue weighted by Gasteiger charge is 2.41. The molecule has 2 atom stereocenters. The first-order valence-corrected chi connectivity index (χ1v) is 8.64. The van der Waals surface area contributed by atoms with Crippen LogP contribution < -0.4 is 5.73 Å². The molecule has 0 bridgehead atoms. The number of halogens is 1. The third kappa shape index (κ3) is 4.24. The number of amides is 3. The van der Waals surface area contributed by atoms with Gasteiger partial charge in [0.05, 0.1) is 11.1 Å². The lowest BCUT2D eigenvalue weighted by atomic mass is 10.0. The predicted molar refractivity (Wildman–Crippen MR) is 103 cm³/mol. The molecule has 144 valence electrons. The van der Waals surface area contributed by atoms with E-state index in [4.69, 9.17) is 5.73 Å². The molecule has 7 heteroatoms. The zero-order valence-electron chi connectivity index (χ0n) is 16.0. The average molecular weight is 382 g/mol.